The minimum Gasteiger partial charge on any atom is -0.395 e. The van der Waals surface area contributed by atoms with Gasteiger partial charge in [0, 0.05) is 56.1 Å². The summed E-state index contributed by atoms with van der Waals surface area (Å²) in [5.74, 6) is 1.96. The van der Waals surface area contributed by atoms with Crippen LogP contribution in [0.3, 0.4) is 0 Å². The number of hydrogen-bond acceptors (Lipinski definition) is 4. The summed E-state index contributed by atoms with van der Waals surface area (Å²) >= 11 is 0. The van der Waals surface area contributed by atoms with Gasteiger partial charge in [0.25, 0.3) is 5.91 Å². The fourth-order valence-corrected chi connectivity index (χ4v) is 3.73. The van der Waals surface area contributed by atoms with Gasteiger partial charge in [-0.05, 0) is 42.3 Å². The average molecular weight is 445 g/mol. The van der Waals surface area contributed by atoms with Crippen LogP contribution in [0.15, 0.2) is 36.4 Å². The second-order valence-electron chi connectivity index (χ2n) is 7.84. The number of carbonyl (C=O) groups is 1. The smallest absolute Gasteiger partial charge is 0.395 e. The Kier molecular flexibility index (Phi) is 7.56. The van der Waals surface area contributed by atoms with Crippen molar-refractivity contribution in [1.29, 1.82) is 0 Å². The zero-order valence-corrected chi connectivity index (χ0v) is 17.9. The zero-order valence-electron chi connectivity index (χ0n) is 17.9. The molecule has 2 aromatic rings. The maximum absolute atomic E-state index is 13.8. The van der Waals surface area contributed by atoms with E-state index < -0.39 is 17.6 Å². The van der Waals surface area contributed by atoms with Crippen molar-refractivity contribution >= 4 is 11.6 Å². The van der Waals surface area contributed by atoms with Crippen LogP contribution in [0.4, 0.5) is 18.9 Å². The molecule has 0 radical (unpaired) electrons. The Balaban J connectivity index is 1.75. The van der Waals surface area contributed by atoms with Crippen molar-refractivity contribution in [2.24, 2.45) is 0 Å². The number of amides is 1. The lowest BCUT2D eigenvalue weighted by Gasteiger charge is -2.34. The Morgan fingerprint density at radius 2 is 1.81 bits per heavy atom. The van der Waals surface area contributed by atoms with Crippen molar-refractivity contribution < 1.29 is 23.1 Å². The van der Waals surface area contributed by atoms with Crippen LogP contribution in [-0.4, -0.2) is 60.1 Å². The van der Waals surface area contributed by atoms with Crippen LogP contribution >= 0.6 is 0 Å². The number of anilines is 1. The number of nitrogens with one attached hydrogen (secondary N) is 1. The lowest BCUT2D eigenvalue weighted by molar-refractivity contribution is -0.138. The minimum absolute atomic E-state index is 0.0675. The lowest BCUT2D eigenvalue weighted by Crippen LogP contribution is -2.46. The van der Waals surface area contributed by atoms with Crippen molar-refractivity contribution in [3.8, 4) is 12.3 Å². The van der Waals surface area contributed by atoms with Crippen LogP contribution in [0.2, 0.25) is 0 Å². The molecule has 0 aliphatic carbocycles. The molecular formula is C24H26F3N3O2. The fourth-order valence-electron chi connectivity index (χ4n) is 3.73. The predicted octanol–water partition coefficient (Wildman–Crippen LogP) is 3.36. The van der Waals surface area contributed by atoms with Gasteiger partial charge in [0.1, 0.15) is 0 Å². The number of benzene rings is 2. The zero-order chi connectivity index (χ0) is 23.3. The van der Waals surface area contributed by atoms with Crippen molar-refractivity contribution in [2.75, 3.05) is 44.6 Å². The summed E-state index contributed by atoms with van der Waals surface area (Å²) in [5, 5.41) is 11.6. The Bertz CT molecular complexity index is 1010. The first kappa shape index (κ1) is 23.8. The number of aryl methyl sites for hydroxylation is 1. The van der Waals surface area contributed by atoms with Gasteiger partial charge in [-0.2, -0.15) is 13.2 Å². The number of terminal acetylenes is 1. The van der Waals surface area contributed by atoms with Crippen LogP contribution < -0.4 is 5.32 Å². The molecule has 3 rings (SSSR count). The van der Waals surface area contributed by atoms with E-state index in [0.29, 0.717) is 38.3 Å². The molecule has 0 saturated carbocycles. The van der Waals surface area contributed by atoms with Crippen molar-refractivity contribution in [1.82, 2.24) is 9.80 Å². The third-order valence-corrected chi connectivity index (χ3v) is 5.60. The number of piperazine rings is 1. The molecule has 2 N–H and O–H groups in total. The number of aliphatic hydroxyl groups excluding tert-OH is 1. The number of halogens is 3. The monoisotopic (exact) mass is 445 g/mol. The van der Waals surface area contributed by atoms with E-state index in [1.54, 1.807) is 18.2 Å². The molecule has 0 bridgehead atoms. The van der Waals surface area contributed by atoms with Gasteiger partial charge in [0.2, 0.25) is 0 Å². The van der Waals surface area contributed by atoms with Crippen LogP contribution in [0.5, 0.6) is 0 Å². The summed E-state index contributed by atoms with van der Waals surface area (Å²) in [6.07, 6.45) is 0.885. The molecule has 2 aromatic carbocycles. The van der Waals surface area contributed by atoms with Gasteiger partial charge in [-0.15, -0.1) is 6.42 Å². The number of rotatable bonds is 6. The quantitative estimate of drug-likeness (QED) is 0.670. The highest BCUT2D eigenvalue weighted by Crippen LogP contribution is 2.34. The number of β-amino-alcohol motifs (C(OH)–C–C–N with tert-alkyl or cyclic N) is 1. The van der Waals surface area contributed by atoms with Gasteiger partial charge in [-0.1, -0.05) is 18.1 Å². The summed E-state index contributed by atoms with van der Waals surface area (Å²) in [5.41, 5.74) is 1.15. The number of carbonyl (C=O) groups excluding carboxylic acids is 1. The molecule has 8 heteroatoms. The molecule has 1 amide bonds. The van der Waals surface area contributed by atoms with Crippen molar-refractivity contribution in [3.05, 3.63) is 64.2 Å². The summed E-state index contributed by atoms with van der Waals surface area (Å²) in [4.78, 5) is 16.6. The van der Waals surface area contributed by atoms with E-state index in [2.05, 4.69) is 16.1 Å². The van der Waals surface area contributed by atoms with Gasteiger partial charge < -0.3 is 10.4 Å². The molecule has 1 aliphatic heterocycles. The van der Waals surface area contributed by atoms with Gasteiger partial charge in [0.05, 0.1) is 12.2 Å². The van der Waals surface area contributed by atoms with E-state index >= 15 is 0 Å². The van der Waals surface area contributed by atoms with E-state index in [4.69, 9.17) is 11.5 Å². The summed E-state index contributed by atoms with van der Waals surface area (Å²) in [6.45, 7) is 5.27. The molecule has 1 fully saturated rings. The second kappa shape index (κ2) is 10.2. The van der Waals surface area contributed by atoms with Gasteiger partial charge >= 0.3 is 6.18 Å². The number of nitrogens with zero attached hydrogens (tertiary/aromatic N) is 2. The van der Waals surface area contributed by atoms with Crippen molar-refractivity contribution in [3.63, 3.8) is 0 Å². The molecular weight excluding hydrogens is 419 g/mol. The predicted molar refractivity (Wildman–Crippen MR) is 117 cm³/mol. The SMILES string of the molecule is C#Cc1cc(C(=O)Nc2ccc(CN3CCN(CCO)CC3)c(C(F)(F)F)c2)ccc1C. The van der Waals surface area contributed by atoms with E-state index in [0.717, 1.165) is 11.6 Å². The second-order valence-corrected chi connectivity index (χ2v) is 7.84. The number of alkyl halides is 3. The highest BCUT2D eigenvalue weighted by atomic mass is 19.4. The average Bonchev–Trinajstić information content (AvgIpc) is 2.76. The van der Waals surface area contributed by atoms with E-state index in [1.807, 2.05) is 11.8 Å². The van der Waals surface area contributed by atoms with E-state index in [1.165, 1.54) is 12.1 Å². The standard InChI is InChI=1S/C24H26F3N3O2/c1-3-18-14-19(5-4-17(18)2)23(32)28-21-7-6-20(22(15-21)24(25,26)27)16-30-10-8-29(9-11-30)12-13-31/h1,4-7,14-15,31H,8-13,16H2,2H3,(H,28,32). The first-order valence-corrected chi connectivity index (χ1v) is 10.4. The molecule has 0 unspecified atom stereocenters. The Morgan fingerprint density at radius 3 is 2.44 bits per heavy atom. The molecule has 1 saturated heterocycles. The molecule has 1 aliphatic rings. The maximum Gasteiger partial charge on any atom is 0.416 e. The molecule has 0 aromatic heterocycles. The van der Waals surface area contributed by atoms with Gasteiger partial charge in [-0.25, -0.2) is 0 Å². The van der Waals surface area contributed by atoms with E-state index in [9.17, 15) is 18.0 Å². The van der Waals surface area contributed by atoms with Crippen LogP contribution in [0.25, 0.3) is 0 Å². The molecule has 32 heavy (non-hydrogen) atoms. The Hall–Kier alpha value is -2.86. The van der Waals surface area contributed by atoms with Crippen molar-refractivity contribution in [2.45, 2.75) is 19.6 Å². The molecule has 5 nitrogen and oxygen atoms in total. The van der Waals surface area contributed by atoms with Crippen LogP contribution in [0.1, 0.15) is 32.6 Å². The molecule has 0 spiro atoms. The first-order chi connectivity index (χ1) is 15.2. The first-order valence-electron chi connectivity index (χ1n) is 10.4. The molecule has 170 valence electrons. The third-order valence-electron chi connectivity index (χ3n) is 5.60. The Morgan fingerprint density at radius 1 is 1.12 bits per heavy atom. The highest BCUT2D eigenvalue weighted by molar-refractivity contribution is 6.04. The topological polar surface area (TPSA) is 55.8 Å². The fraction of sp³-hybridized carbons (Fsp3) is 0.375. The van der Waals surface area contributed by atoms with Crippen LogP contribution in [0, 0.1) is 19.3 Å². The molecule has 0 atom stereocenters. The maximum atomic E-state index is 13.8. The third kappa shape index (κ3) is 5.88. The number of hydrogen-bond donors (Lipinski definition) is 2. The van der Waals surface area contributed by atoms with E-state index in [-0.39, 0.29) is 30.0 Å². The largest absolute Gasteiger partial charge is 0.416 e. The lowest BCUT2D eigenvalue weighted by atomic mass is 10.0. The van der Waals surface area contributed by atoms with Crippen LogP contribution in [-0.2, 0) is 12.7 Å². The summed E-state index contributed by atoms with van der Waals surface area (Å²) in [6, 6.07) is 8.71. The number of aliphatic hydroxyl groups is 1. The normalized spacial score (nSPS) is 15.4. The highest BCUT2D eigenvalue weighted by Gasteiger charge is 2.34. The summed E-state index contributed by atoms with van der Waals surface area (Å²) in [7, 11) is 0. The van der Waals surface area contributed by atoms with Gasteiger partial charge in [0.15, 0.2) is 0 Å². The molecule has 1 heterocycles. The minimum atomic E-state index is -4.55. The summed E-state index contributed by atoms with van der Waals surface area (Å²) < 4.78 is 41.3. The van der Waals surface area contributed by atoms with Gasteiger partial charge in [-0.3, -0.25) is 14.6 Å². The Labute approximate surface area is 185 Å².